The van der Waals surface area contributed by atoms with Crippen molar-refractivity contribution < 1.29 is 14.3 Å². The second-order valence-electron chi connectivity index (χ2n) is 7.14. The summed E-state index contributed by atoms with van der Waals surface area (Å²) in [5.74, 6) is 0.161. The summed E-state index contributed by atoms with van der Waals surface area (Å²) in [6.45, 7) is 5.77. The Morgan fingerprint density at radius 1 is 1.04 bits per heavy atom. The average Bonchev–Trinajstić information content (AvgIpc) is 3.40. The van der Waals surface area contributed by atoms with Crippen molar-refractivity contribution in [2.24, 2.45) is 5.41 Å². The second kappa shape index (κ2) is 7.61. The Balaban J connectivity index is 1.66. The molecule has 0 aliphatic heterocycles. The third kappa shape index (κ3) is 4.42. The third-order valence-electron chi connectivity index (χ3n) is 4.54. The molecule has 3 rings (SSSR count). The van der Waals surface area contributed by atoms with Crippen LogP contribution in [-0.2, 0) is 9.59 Å². The molecule has 2 N–H and O–H groups in total. The maximum Gasteiger partial charge on any atom is 0.240 e. The van der Waals surface area contributed by atoms with Gasteiger partial charge in [-0.3, -0.25) is 9.59 Å². The fraction of sp³-hybridized carbons (Fsp3) is 0.333. The molecule has 1 fully saturated rings. The van der Waals surface area contributed by atoms with Crippen molar-refractivity contribution in [1.82, 2.24) is 0 Å². The van der Waals surface area contributed by atoms with E-state index in [1.54, 1.807) is 42.5 Å². The molecule has 6 heteroatoms. The van der Waals surface area contributed by atoms with Gasteiger partial charge in [0, 0.05) is 16.4 Å². The molecule has 0 saturated heterocycles. The molecule has 5 nitrogen and oxygen atoms in total. The number of nitrogens with one attached hydrogen (secondary N) is 2. The lowest BCUT2D eigenvalue weighted by atomic mass is 10.0. The Kier molecular flexibility index (Phi) is 5.42. The molecule has 142 valence electrons. The number of aryl methyl sites for hydroxylation is 1. The lowest BCUT2D eigenvalue weighted by Crippen LogP contribution is -2.35. The van der Waals surface area contributed by atoms with Gasteiger partial charge in [0.1, 0.15) is 11.2 Å². The predicted molar refractivity (Wildman–Crippen MR) is 107 cm³/mol. The molecular weight excluding hydrogens is 364 g/mol. The van der Waals surface area contributed by atoms with Crippen LogP contribution in [0.1, 0.15) is 32.3 Å². The van der Waals surface area contributed by atoms with Gasteiger partial charge in [0.2, 0.25) is 11.8 Å². The lowest BCUT2D eigenvalue weighted by molar-refractivity contribution is -0.131. The number of ether oxygens (including phenoxy) is 1. The van der Waals surface area contributed by atoms with Crippen LogP contribution in [0.5, 0.6) is 5.75 Å². The van der Waals surface area contributed by atoms with Crippen LogP contribution in [0.3, 0.4) is 0 Å². The monoisotopic (exact) mass is 386 g/mol. The molecule has 0 heterocycles. The van der Waals surface area contributed by atoms with Gasteiger partial charge in [0.05, 0.1) is 6.10 Å². The van der Waals surface area contributed by atoms with Crippen molar-refractivity contribution in [3.05, 3.63) is 53.1 Å². The van der Waals surface area contributed by atoms with Gasteiger partial charge in [0.15, 0.2) is 0 Å². The minimum Gasteiger partial charge on any atom is -0.491 e. The summed E-state index contributed by atoms with van der Waals surface area (Å²) in [6.07, 6.45) is 1.15. The summed E-state index contributed by atoms with van der Waals surface area (Å²) in [5, 5.41) is 6.30. The molecule has 1 aliphatic carbocycles. The van der Waals surface area contributed by atoms with Gasteiger partial charge in [0.25, 0.3) is 0 Å². The van der Waals surface area contributed by atoms with Crippen molar-refractivity contribution in [3.63, 3.8) is 0 Å². The number of amides is 2. The molecule has 0 spiro atoms. The highest BCUT2D eigenvalue weighted by atomic mass is 35.5. The highest BCUT2D eigenvalue weighted by Gasteiger charge is 2.56. The first-order chi connectivity index (χ1) is 12.8. The number of hydrogen-bond acceptors (Lipinski definition) is 3. The van der Waals surface area contributed by atoms with Crippen LogP contribution in [0, 0.1) is 12.3 Å². The first-order valence-electron chi connectivity index (χ1n) is 8.96. The van der Waals surface area contributed by atoms with Crippen LogP contribution < -0.4 is 15.4 Å². The summed E-state index contributed by atoms with van der Waals surface area (Å²) in [7, 11) is 0. The van der Waals surface area contributed by atoms with Crippen molar-refractivity contribution >= 4 is 34.8 Å². The molecule has 2 aromatic rings. The van der Waals surface area contributed by atoms with Gasteiger partial charge in [-0.1, -0.05) is 11.6 Å². The van der Waals surface area contributed by atoms with Gasteiger partial charge < -0.3 is 15.4 Å². The molecule has 2 aromatic carbocycles. The smallest absolute Gasteiger partial charge is 0.240 e. The Morgan fingerprint density at radius 3 is 2.22 bits per heavy atom. The molecule has 0 atom stereocenters. The van der Waals surface area contributed by atoms with E-state index in [0.717, 1.165) is 11.3 Å². The van der Waals surface area contributed by atoms with Gasteiger partial charge >= 0.3 is 0 Å². The van der Waals surface area contributed by atoms with E-state index >= 15 is 0 Å². The van der Waals surface area contributed by atoms with Gasteiger partial charge in [-0.05, 0) is 81.6 Å². The summed E-state index contributed by atoms with van der Waals surface area (Å²) in [4.78, 5) is 25.4. The van der Waals surface area contributed by atoms with Crippen LogP contribution in [0.4, 0.5) is 11.4 Å². The maximum atomic E-state index is 12.7. The maximum absolute atomic E-state index is 12.7. The number of halogens is 1. The molecular formula is C21H23ClN2O3. The molecule has 1 saturated carbocycles. The van der Waals surface area contributed by atoms with Gasteiger partial charge in [-0.25, -0.2) is 0 Å². The summed E-state index contributed by atoms with van der Waals surface area (Å²) in [6, 6.07) is 12.4. The molecule has 0 bridgehead atoms. The molecule has 0 unspecified atom stereocenters. The van der Waals surface area contributed by atoms with E-state index in [2.05, 4.69) is 10.6 Å². The van der Waals surface area contributed by atoms with Crippen molar-refractivity contribution in [3.8, 4) is 5.75 Å². The molecule has 0 radical (unpaired) electrons. The van der Waals surface area contributed by atoms with Crippen LogP contribution >= 0.6 is 11.6 Å². The van der Waals surface area contributed by atoms with Crippen molar-refractivity contribution in [2.75, 3.05) is 10.6 Å². The zero-order chi connectivity index (χ0) is 19.6. The zero-order valence-corrected chi connectivity index (χ0v) is 16.4. The van der Waals surface area contributed by atoms with Crippen molar-refractivity contribution in [1.29, 1.82) is 0 Å². The largest absolute Gasteiger partial charge is 0.491 e. The quantitative estimate of drug-likeness (QED) is 0.701. The fourth-order valence-electron chi connectivity index (χ4n) is 2.83. The zero-order valence-electron chi connectivity index (χ0n) is 15.6. The number of anilines is 2. The van der Waals surface area contributed by atoms with E-state index in [4.69, 9.17) is 16.3 Å². The first-order valence-corrected chi connectivity index (χ1v) is 9.34. The number of rotatable bonds is 6. The molecule has 1 aliphatic rings. The topological polar surface area (TPSA) is 67.4 Å². The summed E-state index contributed by atoms with van der Waals surface area (Å²) >= 11 is 5.95. The van der Waals surface area contributed by atoms with E-state index < -0.39 is 5.41 Å². The lowest BCUT2D eigenvalue weighted by Gasteiger charge is -2.17. The Bertz CT molecular complexity index is 858. The number of carbonyl (C=O) groups is 2. The van der Waals surface area contributed by atoms with E-state index in [0.29, 0.717) is 29.2 Å². The highest BCUT2D eigenvalue weighted by Crippen LogP contribution is 2.47. The predicted octanol–water partition coefficient (Wildman–Crippen LogP) is 4.79. The first kappa shape index (κ1) is 19.2. The Labute approximate surface area is 164 Å². The van der Waals surface area contributed by atoms with Crippen LogP contribution in [0.25, 0.3) is 0 Å². The number of hydrogen-bond donors (Lipinski definition) is 2. The third-order valence-corrected chi connectivity index (χ3v) is 4.78. The van der Waals surface area contributed by atoms with E-state index in [1.807, 2.05) is 20.8 Å². The highest BCUT2D eigenvalue weighted by molar-refractivity contribution is 6.30. The standard InChI is InChI=1S/C21H23ClN2O3/c1-13(2)27-17-7-5-16(6-8-17)23-19(25)21(10-11-21)20(26)24-18-9-4-15(22)12-14(18)3/h4-9,12-13H,10-11H2,1-3H3,(H,23,25)(H,24,26). The minimum absolute atomic E-state index is 0.0835. The average molecular weight is 387 g/mol. The Hall–Kier alpha value is -2.53. The number of carbonyl (C=O) groups excluding carboxylic acids is 2. The van der Waals surface area contributed by atoms with Crippen LogP contribution in [-0.4, -0.2) is 17.9 Å². The summed E-state index contributed by atoms with van der Waals surface area (Å²) in [5.41, 5.74) is 1.14. The van der Waals surface area contributed by atoms with Gasteiger partial charge in [-0.15, -0.1) is 0 Å². The van der Waals surface area contributed by atoms with E-state index in [-0.39, 0.29) is 17.9 Å². The van der Waals surface area contributed by atoms with Gasteiger partial charge in [-0.2, -0.15) is 0 Å². The Morgan fingerprint density at radius 2 is 1.67 bits per heavy atom. The molecule has 0 aromatic heterocycles. The second-order valence-corrected chi connectivity index (χ2v) is 7.58. The fourth-order valence-corrected chi connectivity index (χ4v) is 3.06. The minimum atomic E-state index is -1.01. The van der Waals surface area contributed by atoms with Crippen LogP contribution in [0.2, 0.25) is 5.02 Å². The number of benzene rings is 2. The summed E-state index contributed by atoms with van der Waals surface area (Å²) < 4.78 is 5.59. The van der Waals surface area contributed by atoms with Crippen LogP contribution in [0.15, 0.2) is 42.5 Å². The van der Waals surface area contributed by atoms with Crippen molar-refractivity contribution in [2.45, 2.75) is 39.7 Å². The molecule has 2 amide bonds. The normalized spacial score (nSPS) is 14.6. The van der Waals surface area contributed by atoms with E-state index in [9.17, 15) is 9.59 Å². The molecule has 27 heavy (non-hydrogen) atoms. The SMILES string of the molecule is Cc1cc(Cl)ccc1NC(=O)C1(C(=O)Nc2ccc(OC(C)C)cc2)CC1. The van der Waals surface area contributed by atoms with E-state index in [1.165, 1.54) is 0 Å².